The number of methoxy groups -OCH3 is 4. The van der Waals surface area contributed by atoms with E-state index in [4.69, 9.17) is 47.6 Å². The number of unbranched alkanes of at least 4 members (excludes halogenated alkanes) is 4. The van der Waals surface area contributed by atoms with Gasteiger partial charge < -0.3 is 68.9 Å². The monoisotopic (exact) mass is 1230 g/mol. The van der Waals surface area contributed by atoms with Crippen molar-refractivity contribution in [3.05, 3.63) is 153 Å². The number of carbonyl (C=O) groups is 9. The van der Waals surface area contributed by atoms with Crippen LogP contribution >= 0.6 is 0 Å². The second-order valence-electron chi connectivity index (χ2n) is 21.7. The number of rotatable bonds is 41. The Hall–Kier alpha value is -8.83. The van der Waals surface area contributed by atoms with Gasteiger partial charge in [-0.15, -0.1) is 0 Å². The molecular formula is C67H87N9O13. The van der Waals surface area contributed by atoms with Gasteiger partial charge in [-0.25, -0.2) is 0 Å². The van der Waals surface area contributed by atoms with Crippen LogP contribution in [0.25, 0.3) is 0 Å². The molecule has 5 rings (SSSR count). The summed E-state index contributed by atoms with van der Waals surface area (Å²) in [5, 5.41) is 11.5. The smallest absolute Gasteiger partial charge is 0.255 e. The molecule has 14 N–H and O–H groups in total. The molecule has 0 saturated heterocycles. The minimum atomic E-state index is -1.04. The molecule has 89 heavy (non-hydrogen) atoms. The highest BCUT2D eigenvalue weighted by Crippen LogP contribution is 2.27. The van der Waals surface area contributed by atoms with Gasteiger partial charge in [-0.2, -0.15) is 0 Å². The van der Waals surface area contributed by atoms with Crippen molar-refractivity contribution in [2.45, 2.75) is 127 Å². The summed E-state index contributed by atoms with van der Waals surface area (Å²) in [6.07, 6.45) is 4.83. The molecule has 0 aliphatic carbocycles. The van der Waals surface area contributed by atoms with Crippen LogP contribution in [0.5, 0.6) is 23.0 Å². The number of amides is 5. The maximum atomic E-state index is 14.4. The average Bonchev–Trinajstić information content (AvgIpc) is 3.01. The van der Waals surface area contributed by atoms with Crippen LogP contribution in [0.15, 0.2) is 103 Å². The van der Waals surface area contributed by atoms with Crippen molar-refractivity contribution in [3.63, 3.8) is 0 Å². The molecule has 0 heterocycles. The van der Waals surface area contributed by atoms with Crippen LogP contribution in [-0.4, -0.2) is 131 Å². The number of ether oxygens (including phenoxy) is 4. The second-order valence-corrected chi connectivity index (χ2v) is 21.7. The second kappa shape index (κ2) is 37.1. The van der Waals surface area contributed by atoms with E-state index in [0.717, 1.165) is 0 Å². The molecule has 0 saturated carbocycles. The van der Waals surface area contributed by atoms with Gasteiger partial charge in [0.05, 0.1) is 74.9 Å². The summed E-state index contributed by atoms with van der Waals surface area (Å²) in [4.78, 5) is 125. The van der Waals surface area contributed by atoms with Crippen LogP contribution in [0.1, 0.15) is 151 Å². The zero-order valence-electron chi connectivity index (χ0n) is 51.5. The molecule has 0 bridgehead atoms. The standard InChI is InChI=1S/C67H87N9O13/c1-86-59-26-22-42(34-47(59)63(72)81)38-56(78)52(19-9-13-31-69)74-65(83)49-36-44(24-28-61(49)88-3)40-58(80)54(21-11-15-33-71)76-67(85)50-37-45(25-29-62(50)89-4)41-57(79)53(20-10-14-32-70)75-66(84)48-35-43(23-27-60(48)87-2)39-55(77)51(18-8-12-30-68)73-64(82)46-16-6-5-7-17-46/h5-7,16-17,22-29,34-37,51-54H,8-15,18-21,30-33,38-41,68-71H2,1-4H3,(H2,72,81)(H,73,82)(H,74,83)(H,75,84)(H,76,85)/t51-,52-,53-,54-/m0/s1. The van der Waals surface area contributed by atoms with Gasteiger partial charge >= 0.3 is 0 Å². The molecule has 0 unspecified atom stereocenters. The summed E-state index contributed by atoms with van der Waals surface area (Å²) in [6, 6.07) is 23.5. The van der Waals surface area contributed by atoms with E-state index in [9.17, 15) is 43.2 Å². The fourth-order valence-corrected chi connectivity index (χ4v) is 10.2. The number of ketones is 4. The minimum Gasteiger partial charge on any atom is -0.496 e. The quantitative estimate of drug-likeness (QED) is 0.0233. The van der Waals surface area contributed by atoms with Crippen molar-refractivity contribution < 1.29 is 62.1 Å². The molecule has 0 fully saturated rings. The molecule has 5 aromatic carbocycles. The molecule has 4 atom stereocenters. The molecule has 478 valence electrons. The SMILES string of the molecule is COc1ccc(CC(=O)[C@H](CCCCN)NC(=O)c2cc(CC(=O)[C@H](CCCCN)NC(=O)c3cc(CC(=O)[C@H](CCCCN)NC(=O)c4cc(CC(=O)[C@H](CCCCN)NC(=O)c5ccccc5)ccc4OC)ccc3OC)ccc2OC)cc1C(N)=O. The predicted octanol–water partition coefficient (Wildman–Crippen LogP) is 4.98. The van der Waals surface area contributed by atoms with E-state index < -0.39 is 53.7 Å². The summed E-state index contributed by atoms with van der Waals surface area (Å²) < 4.78 is 22.0. The lowest BCUT2D eigenvalue weighted by atomic mass is 9.95. The van der Waals surface area contributed by atoms with Gasteiger partial charge in [0.1, 0.15) is 23.0 Å². The Morgan fingerprint density at radius 2 is 0.607 bits per heavy atom. The van der Waals surface area contributed by atoms with E-state index in [2.05, 4.69) is 21.3 Å². The van der Waals surface area contributed by atoms with Gasteiger partial charge in [-0.3, -0.25) is 43.2 Å². The van der Waals surface area contributed by atoms with E-state index >= 15 is 0 Å². The molecule has 5 aromatic rings. The fraction of sp³-hybridized carbons (Fsp3) is 0.418. The molecule has 0 aliphatic heterocycles. The average molecular weight is 1230 g/mol. The lowest BCUT2D eigenvalue weighted by Gasteiger charge is -2.21. The highest BCUT2D eigenvalue weighted by atomic mass is 16.5. The van der Waals surface area contributed by atoms with E-state index in [1.165, 1.54) is 58.8 Å². The number of nitrogens with one attached hydrogen (secondary N) is 4. The van der Waals surface area contributed by atoms with Gasteiger partial charge in [0.15, 0.2) is 23.1 Å². The van der Waals surface area contributed by atoms with Gasteiger partial charge in [0, 0.05) is 31.2 Å². The Bertz CT molecular complexity index is 3230. The molecule has 0 aliphatic rings. The van der Waals surface area contributed by atoms with E-state index in [1.807, 2.05) is 0 Å². The number of hydrogen-bond donors (Lipinski definition) is 9. The van der Waals surface area contributed by atoms with Crippen LogP contribution in [0.2, 0.25) is 0 Å². The van der Waals surface area contributed by atoms with Crippen LogP contribution in [0.3, 0.4) is 0 Å². The van der Waals surface area contributed by atoms with Crippen molar-refractivity contribution in [1.29, 1.82) is 0 Å². The summed E-state index contributed by atoms with van der Waals surface area (Å²) in [5.74, 6) is -3.64. The number of primary amides is 1. The Morgan fingerprint density at radius 1 is 0.348 bits per heavy atom. The summed E-state index contributed by atoms with van der Waals surface area (Å²) in [7, 11) is 5.56. The van der Waals surface area contributed by atoms with Gasteiger partial charge in [-0.1, -0.05) is 42.5 Å². The third kappa shape index (κ3) is 21.8. The van der Waals surface area contributed by atoms with E-state index in [1.54, 1.807) is 72.8 Å². The number of nitrogens with two attached hydrogens (primary N) is 5. The molecule has 22 heteroatoms. The zero-order chi connectivity index (χ0) is 64.8. The molecule has 0 aromatic heterocycles. The fourth-order valence-electron chi connectivity index (χ4n) is 10.2. The summed E-state index contributed by atoms with van der Waals surface area (Å²) in [6.45, 7) is 1.48. The topological polar surface area (TPSA) is 369 Å². The normalized spacial score (nSPS) is 12.3. The van der Waals surface area contributed by atoms with Crippen LogP contribution in [0, 0.1) is 0 Å². The van der Waals surface area contributed by atoms with Crippen LogP contribution in [-0.2, 0) is 44.9 Å². The first-order chi connectivity index (χ1) is 42.9. The highest BCUT2D eigenvalue weighted by Gasteiger charge is 2.30. The molecular weight excluding hydrogens is 1140 g/mol. The number of carbonyl (C=O) groups excluding carboxylic acids is 9. The van der Waals surface area contributed by atoms with Crippen molar-refractivity contribution >= 4 is 52.7 Å². The van der Waals surface area contributed by atoms with Gasteiger partial charge in [0.2, 0.25) is 0 Å². The van der Waals surface area contributed by atoms with Crippen molar-refractivity contribution in [2.75, 3.05) is 54.6 Å². The van der Waals surface area contributed by atoms with Crippen LogP contribution < -0.4 is 68.9 Å². The third-order valence-corrected chi connectivity index (χ3v) is 15.2. The number of hydrogen-bond acceptors (Lipinski definition) is 17. The number of Topliss-reactive ketones (excluding diaryl/α,β-unsaturated/α-hetero) is 4. The summed E-state index contributed by atoms with van der Waals surface area (Å²) >= 11 is 0. The van der Waals surface area contributed by atoms with Gasteiger partial charge in [-0.05, 0) is 186 Å². The molecule has 0 radical (unpaired) electrons. The van der Waals surface area contributed by atoms with Crippen LogP contribution in [0.4, 0.5) is 0 Å². The molecule has 0 spiro atoms. The lowest BCUT2D eigenvalue weighted by Crippen LogP contribution is -2.42. The lowest BCUT2D eigenvalue weighted by molar-refractivity contribution is -0.121. The highest BCUT2D eigenvalue weighted by molar-refractivity contribution is 6.04. The third-order valence-electron chi connectivity index (χ3n) is 15.2. The zero-order valence-corrected chi connectivity index (χ0v) is 51.5. The van der Waals surface area contributed by atoms with Crippen molar-refractivity contribution in [1.82, 2.24) is 21.3 Å². The Labute approximate surface area is 520 Å². The Balaban J connectivity index is 1.33. The first-order valence-electron chi connectivity index (χ1n) is 30.1. The van der Waals surface area contributed by atoms with Crippen molar-refractivity contribution in [2.24, 2.45) is 28.7 Å². The van der Waals surface area contributed by atoms with E-state index in [0.29, 0.717) is 112 Å². The van der Waals surface area contributed by atoms with Crippen molar-refractivity contribution in [3.8, 4) is 23.0 Å². The minimum absolute atomic E-state index is 0.0368. The van der Waals surface area contributed by atoms with E-state index in [-0.39, 0.29) is 113 Å². The summed E-state index contributed by atoms with van der Waals surface area (Å²) in [5.41, 5.74) is 31.2. The first kappa shape index (κ1) is 70.9. The molecule has 22 nitrogen and oxygen atoms in total. The largest absolute Gasteiger partial charge is 0.496 e. The first-order valence-corrected chi connectivity index (χ1v) is 30.1. The predicted molar refractivity (Wildman–Crippen MR) is 338 cm³/mol. The Kier molecular flexibility index (Phi) is 29.6. The molecule has 5 amide bonds. The maximum Gasteiger partial charge on any atom is 0.255 e. The Morgan fingerprint density at radius 3 is 0.865 bits per heavy atom. The maximum absolute atomic E-state index is 14.4. The number of benzene rings is 5. The van der Waals surface area contributed by atoms with Gasteiger partial charge in [0.25, 0.3) is 29.5 Å².